The van der Waals surface area contributed by atoms with Crippen LogP contribution in [0.4, 0.5) is 4.79 Å². The fourth-order valence-electron chi connectivity index (χ4n) is 2.62. The lowest BCUT2D eigenvalue weighted by atomic mass is 9.64. The lowest BCUT2D eigenvalue weighted by Gasteiger charge is -2.42. The SMILES string of the molecule is CN(C)C(=O)CNC(=O)NCC1(c2cccc(Br)c2)CCC1. The normalized spacial score (nSPS) is 15.6. The van der Waals surface area contributed by atoms with Crippen LogP contribution in [0.25, 0.3) is 0 Å². The summed E-state index contributed by atoms with van der Waals surface area (Å²) in [6.07, 6.45) is 3.32. The molecule has 0 radical (unpaired) electrons. The molecule has 0 aliphatic heterocycles. The van der Waals surface area contributed by atoms with Crippen LogP contribution in [0.3, 0.4) is 0 Å². The second-order valence-corrected chi connectivity index (χ2v) is 6.88. The van der Waals surface area contributed by atoms with Crippen molar-refractivity contribution in [3.63, 3.8) is 0 Å². The maximum Gasteiger partial charge on any atom is 0.315 e. The highest BCUT2D eigenvalue weighted by Crippen LogP contribution is 2.43. The Hall–Kier alpha value is -1.56. The van der Waals surface area contributed by atoms with Gasteiger partial charge in [-0.3, -0.25) is 4.79 Å². The van der Waals surface area contributed by atoms with Gasteiger partial charge in [0.2, 0.25) is 5.91 Å². The van der Waals surface area contributed by atoms with Gasteiger partial charge in [-0.05, 0) is 30.5 Å². The van der Waals surface area contributed by atoms with Crippen LogP contribution in [0, 0.1) is 0 Å². The fraction of sp³-hybridized carbons (Fsp3) is 0.500. The number of rotatable bonds is 5. The molecule has 1 aliphatic carbocycles. The highest BCUT2D eigenvalue weighted by Gasteiger charge is 2.38. The van der Waals surface area contributed by atoms with E-state index < -0.39 is 0 Å². The van der Waals surface area contributed by atoms with Crippen molar-refractivity contribution in [1.82, 2.24) is 15.5 Å². The van der Waals surface area contributed by atoms with E-state index in [1.54, 1.807) is 14.1 Å². The van der Waals surface area contributed by atoms with E-state index in [-0.39, 0.29) is 23.9 Å². The number of amides is 3. The van der Waals surface area contributed by atoms with Crippen LogP contribution in [-0.2, 0) is 10.2 Å². The number of hydrogen-bond acceptors (Lipinski definition) is 2. The van der Waals surface area contributed by atoms with E-state index in [0.717, 1.165) is 17.3 Å². The van der Waals surface area contributed by atoms with E-state index >= 15 is 0 Å². The zero-order valence-corrected chi connectivity index (χ0v) is 14.6. The molecule has 3 amide bonds. The Kier molecular flexibility index (Phi) is 5.45. The predicted octanol–water partition coefficient (Wildman–Crippen LogP) is 2.26. The molecule has 0 bridgehead atoms. The number of urea groups is 1. The molecule has 1 fully saturated rings. The molecule has 1 aromatic carbocycles. The molecule has 0 atom stereocenters. The quantitative estimate of drug-likeness (QED) is 0.838. The summed E-state index contributed by atoms with van der Waals surface area (Å²) in [6, 6.07) is 7.96. The Balaban J connectivity index is 1.89. The largest absolute Gasteiger partial charge is 0.347 e. The van der Waals surface area contributed by atoms with Crippen LogP contribution in [0.2, 0.25) is 0 Å². The Morgan fingerprint density at radius 3 is 2.55 bits per heavy atom. The molecule has 22 heavy (non-hydrogen) atoms. The Morgan fingerprint density at radius 1 is 1.27 bits per heavy atom. The molecule has 2 rings (SSSR count). The molecule has 0 spiro atoms. The van der Waals surface area contributed by atoms with Crippen molar-refractivity contribution in [2.75, 3.05) is 27.2 Å². The van der Waals surface area contributed by atoms with Gasteiger partial charge in [0.1, 0.15) is 0 Å². The molecule has 6 heteroatoms. The third-order valence-corrected chi connectivity index (χ3v) is 4.73. The summed E-state index contributed by atoms with van der Waals surface area (Å²) in [5.41, 5.74) is 1.27. The van der Waals surface area contributed by atoms with Crippen LogP contribution in [-0.4, -0.2) is 44.0 Å². The Bertz CT molecular complexity index is 556. The minimum absolute atomic E-state index is 0.0166. The third kappa shape index (κ3) is 4.00. The van der Waals surface area contributed by atoms with Crippen LogP contribution >= 0.6 is 15.9 Å². The summed E-state index contributed by atoms with van der Waals surface area (Å²) >= 11 is 3.50. The van der Waals surface area contributed by atoms with Crippen molar-refractivity contribution in [2.24, 2.45) is 0 Å². The summed E-state index contributed by atoms with van der Waals surface area (Å²) in [5, 5.41) is 5.50. The highest BCUT2D eigenvalue weighted by molar-refractivity contribution is 9.10. The second-order valence-electron chi connectivity index (χ2n) is 5.97. The second kappa shape index (κ2) is 7.13. The third-order valence-electron chi connectivity index (χ3n) is 4.23. The molecule has 2 N–H and O–H groups in total. The first-order valence-corrected chi connectivity index (χ1v) is 8.20. The standard InChI is InChI=1S/C16H22BrN3O2/c1-20(2)14(21)10-18-15(22)19-11-16(7-4-8-16)12-5-3-6-13(17)9-12/h3,5-6,9H,4,7-8,10-11H2,1-2H3,(H2,18,19,22). The van der Waals surface area contributed by atoms with Gasteiger partial charge in [0.05, 0.1) is 6.54 Å². The molecule has 0 saturated heterocycles. The van der Waals surface area contributed by atoms with Crippen molar-refractivity contribution in [1.29, 1.82) is 0 Å². The lowest BCUT2D eigenvalue weighted by molar-refractivity contribution is -0.127. The first kappa shape index (κ1) is 16.8. The average molecular weight is 368 g/mol. The monoisotopic (exact) mass is 367 g/mol. The maximum absolute atomic E-state index is 11.9. The van der Waals surface area contributed by atoms with E-state index in [0.29, 0.717) is 6.54 Å². The first-order valence-electron chi connectivity index (χ1n) is 7.41. The van der Waals surface area contributed by atoms with E-state index in [4.69, 9.17) is 0 Å². The smallest absolute Gasteiger partial charge is 0.315 e. The van der Waals surface area contributed by atoms with Crippen LogP contribution in [0.1, 0.15) is 24.8 Å². The number of likely N-dealkylation sites (N-methyl/N-ethyl adjacent to an activating group) is 1. The molecule has 1 saturated carbocycles. The number of hydrogen-bond donors (Lipinski definition) is 2. The van der Waals surface area contributed by atoms with Gasteiger partial charge in [0.15, 0.2) is 0 Å². The van der Waals surface area contributed by atoms with Crippen molar-refractivity contribution < 1.29 is 9.59 Å². The van der Waals surface area contributed by atoms with Crippen molar-refractivity contribution >= 4 is 27.9 Å². The summed E-state index contributed by atoms with van der Waals surface area (Å²) < 4.78 is 1.05. The molecule has 0 aromatic heterocycles. The minimum atomic E-state index is -0.295. The maximum atomic E-state index is 11.9. The van der Waals surface area contributed by atoms with E-state index in [1.165, 1.54) is 16.9 Å². The number of nitrogens with one attached hydrogen (secondary N) is 2. The molecule has 0 unspecified atom stereocenters. The molecule has 0 heterocycles. The first-order chi connectivity index (χ1) is 10.4. The van der Waals surface area contributed by atoms with E-state index in [9.17, 15) is 9.59 Å². The molecular weight excluding hydrogens is 346 g/mol. The van der Waals surface area contributed by atoms with Crippen LogP contribution in [0.15, 0.2) is 28.7 Å². The average Bonchev–Trinajstić information content (AvgIpc) is 2.43. The summed E-state index contributed by atoms with van der Waals surface area (Å²) in [4.78, 5) is 24.8. The van der Waals surface area contributed by atoms with Gasteiger partial charge in [0, 0.05) is 30.5 Å². The molecule has 120 valence electrons. The minimum Gasteiger partial charge on any atom is -0.347 e. The zero-order valence-electron chi connectivity index (χ0n) is 13.0. The van der Waals surface area contributed by atoms with E-state index in [2.05, 4.69) is 38.7 Å². The van der Waals surface area contributed by atoms with Gasteiger partial charge in [-0.25, -0.2) is 4.79 Å². The summed E-state index contributed by atoms with van der Waals surface area (Å²) in [6.45, 7) is 0.605. The van der Waals surface area contributed by atoms with Gasteiger partial charge in [-0.15, -0.1) is 0 Å². The van der Waals surface area contributed by atoms with Gasteiger partial charge in [-0.2, -0.15) is 0 Å². The highest BCUT2D eigenvalue weighted by atomic mass is 79.9. The molecule has 1 aromatic rings. The van der Waals surface area contributed by atoms with Crippen molar-refractivity contribution in [2.45, 2.75) is 24.7 Å². The topological polar surface area (TPSA) is 61.4 Å². The Morgan fingerprint density at radius 2 is 2.00 bits per heavy atom. The summed E-state index contributed by atoms with van der Waals surface area (Å²) in [7, 11) is 3.33. The van der Waals surface area contributed by atoms with Gasteiger partial charge in [0.25, 0.3) is 0 Å². The number of carbonyl (C=O) groups is 2. The van der Waals surface area contributed by atoms with Gasteiger partial charge < -0.3 is 15.5 Å². The van der Waals surface area contributed by atoms with E-state index in [1.807, 2.05) is 12.1 Å². The number of benzene rings is 1. The van der Waals surface area contributed by atoms with Gasteiger partial charge >= 0.3 is 6.03 Å². The summed E-state index contributed by atoms with van der Waals surface area (Å²) in [5.74, 6) is -0.125. The van der Waals surface area contributed by atoms with Gasteiger partial charge in [-0.1, -0.05) is 34.5 Å². The number of nitrogens with zero attached hydrogens (tertiary/aromatic N) is 1. The van der Waals surface area contributed by atoms with Crippen LogP contribution in [0.5, 0.6) is 0 Å². The number of halogens is 1. The van der Waals surface area contributed by atoms with Crippen molar-refractivity contribution in [3.8, 4) is 0 Å². The molecular formula is C16H22BrN3O2. The molecule has 5 nitrogen and oxygen atoms in total. The fourth-order valence-corrected chi connectivity index (χ4v) is 3.01. The van der Waals surface area contributed by atoms with Crippen LogP contribution < -0.4 is 10.6 Å². The zero-order chi connectivity index (χ0) is 16.2. The molecule has 1 aliphatic rings. The predicted molar refractivity (Wildman–Crippen MR) is 89.8 cm³/mol. The number of carbonyl (C=O) groups excluding carboxylic acids is 2. The lowest BCUT2D eigenvalue weighted by Crippen LogP contribution is -2.49. The Labute approximate surface area is 139 Å². The van der Waals surface area contributed by atoms with Crippen molar-refractivity contribution in [3.05, 3.63) is 34.3 Å².